The van der Waals surface area contributed by atoms with Gasteiger partial charge in [-0.3, -0.25) is 19.3 Å². The van der Waals surface area contributed by atoms with Crippen molar-refractivity contribution in [2.24, 2.45) is 5.73 Å². The van der Waals surface area contributed by atoms with Gasteiger partial charge < -0.3 is 10.5 Å². The van der Waals surface area contributed by atoms with Crippen LogP contribution >= 0.6 is 11.8 Å². The van der Waals surface area contributed by atoms with Gasteiger partial charge in [-0.25, -0.2) is 0 Å². The van der Waals surface area contributed by atoms with Gasteiger partial charge in [0.25, 0.3) is 17.1 Å². The predicted octanol–water partition coefficient (Wildman–Crippen LogP) is 1.22. The Kier molecular flexibility index (Phi) is 4.09. The first-order chi connectivity index (χ1) is 9.49. The van der Waals surface area contributed by atoms with Gasteiger partial charge in [0.15, 0.2) is 6.61 Å². The fraction of sp³-hybridized carbons (Fsp3) is 0.154. The minimum absolute atomic E-state index is 0.250. The van der Waals surface area contributed by atoms with Crippen molar-refractivity contribution < 1.29 is 19.1 Å². The maximum absolute atomic E-state index is 11.8. The number of hydrogen-bond acceptors (Lipinski definition) is 5. The molecule has 0 atom stereocenters. The number of primary amides is 1. The van der Waals surface area contributed by atoms with Gasteiger partial charge in [-0.05, 0) is 23.9 Å². The van der Waals surface area contributed by atoms with Gasteiger partial charge in [0.1, 0.15) is 5.75 Å². The maximum Gasteiger partial charge on any atom is 0.293 e. The minimum Gasteiger partial charge on any atom is -0.483 e. The molecule has 1 aromatic carbocycles. The second kappa shape index (κ2) is 5.79. The fourth-order valence-electron chi connectivity index (χ4n) is 1.57. The Hall–Kier alpha value is -2.28. The Balaban J connectivity index is 2.27. The molecule has 1 fully saturated rings. The van der Waals surface area contributed by atoms with E-state index in [9.17, 15) is 14.4 Å². The number of carbonyl (C=O) groups excluding carboxylic acids is 3. The largest absolute Gasteiger partial charge is 0.483 e. The molecule has 3 amide bonds. The highest BCUT2D eigenvalue weighted by Crippen LogP contribution is 2.32. The number of imide groups is 1. The van der Waals surface area contributed by atoms with Gasteiger partial charge in [0.05, 0.1) is 4.91 Å². The summed E-state index contributed by atoms with van der Waals surface area (Å²) in [5, 5.41) is -0.322. The van der Waals surface area contributed by atoms with Crippen LogP contribution in [0.15, 0.2) is 29.2 Å². The van der Waals surface area contributed by atoms with Gasteiger partial charge in [-0.15, -0.1) is 0 Å². The van der Waals surface area contributed by atoms with E-state index in [-0.39, 0.29) is 17.8 Å². The monoisotopic (exact) mass is 292 g/mol. The van der Waals surface area contributed by atoms with Crippen LogP contribution in [0.2, 0.25) is 0 Å². The number of nitrogens with zero attached hydrogens (tertiary/aromatic N) is 1. The van der Waals surface area contributed by atoms with Gasteiger partial charge in [0.2, 0.25) is 0 Å². The molecule has 0 saturated carbocycles. The molecule has 1 heterocycles. The molecular weight excluding hydrogens is 280 g/mol. The van der Waals surface area contributed by atoms with Gasteiger partial charge in [-0.1, -0.05) is 18.2 Å². The average Bonchev–Trinajstić information content (AvgIpc) is 2.65. The van der Waals surface area contributed by atoms with Gasteiger partial charge >= 0.3 is 0 Å². The smallest absolute Gasteiger partial charge is 0.293 e. The standard InChI is InChI=1S/C13H12N2O4S/c1-15-12(17)10(20-13(15)18)6-8-4-2-3-5-9(8)19-7-11(14)16/h2-6H,7H2,1H3,(H2,14,16)/b10-6+. The summed E-state index contributed by atoms with van der Waals surface area (Å²) in [6, 6.07) is 6.88. The van der Waals surface area contributed by atoms with E-state index in [2.05, 4.69) is 0 Å². The Morgan fingerprint density at radius 1 is 1.40 bits per heavy atom. The number of ether oxygens (including phenoxy) is 1. The van der Waals surface area contributed by atoms with Crippen molar-refractivity contribution in [3.8, 4) is 5.75 Å². The molecule has 1 saturated heterocycles. The highest BCUT2D eigenvalue weighted by atomic mass is 32.2. The number of para-hydroxylation sites is 1. The lowest BCUT2D eigenvalue weighted by atomic mass is 10.2. The van der Waals surface area contributed by atoms with E-state index in [1.807, 2.05) is 0 Å². The molecule has 20 heavy (non-hydrogen) atoms. The van der Waals surface area contributed by atoms with E-state index in [4.69, 9.17) is 10.5 Å². The second-order valence-electron chi connectivity index (χ2n) is 4.03. The number of nitrogens with two attached hydrogens (primary N) is 1. The zero-order chi connectivity index (χ0) is 14.7. The maximum atomic E-state index is 11.8. The molecule has 2 N–H and O–H groups in total. The van der Waals surface area contributed by atoms with E-state index in [0.29, 0.717) is 16.2 Å². The van der Waals surface area contributed by atoms with Crippen LogP contribution in [0.4, 0.5) is 4.79 Å². The van der Waals surface area contributed by atoms with Gasteiger partial charge in [-0.2, -0.15) is 0 Å². The van der Waals surface area contributed by atoms with Crippen LogP contribution in [0.3, 0.4) is 0 Å². The van der Waals surface area contributed by atoms with Crippen molar-refractivity contribution >= 4 is 34.9 Å². The lowest BCUT2D eigenvalue weighted by molar-refractivity contribution is -0.122. The zero-order valence-electron chi connectivity index (χ0n) is 10.7. The summed E-state index contributed by atoms with van der Waals surface area (Å²) >= 11 is 0.861. The third-order valence-electron chi connectivity index (χ3n) is 2.56. The molecule has 6 nitrogen and oxygen atoms in total. The summed E-state index contributed by atoms with van der Waals surface area (Å²) in [5.74, 6) is -0.521. The topological polar surface area (TPSA) is 89.7 Å². The lowest BCUT2D eigenvalue weighted by Crippen LogP contribution is -2.22. The van der Waals surface area contributed by atoms with Crippen LogP contribution in [-0.2, 0) is 9.59 Å². The first kappa shape index (κ1) is 14.1. The van der Waals surface area contributed by atoms with Crippen LogP contribution in [0.5, 0.6) is 5.75 Å². The van der Waals surface area contributed by atoms with E-state index in [0.717, 1.165) is 16.7 Å². The molecule has 1 aromatic rings. The van der Waals surface area contributed by atoms with E-state index < -0.39 is 5.91 Å². The van der Waals surface area contributed by atoms with E-state index in [1.165, 1.54) is 7.05 Å². The van der Waals surface area contributed by atoms with Crippen LogP contribution < -0.4 is 10.5 Å². The molecule has 104 valence electrons. The quantitative estimate of drug-likeness (QED) is 0.843. The summed E-state index contributed by atoms with van der Waals surface area (Å²) in [6.07, 6.45) is 1.56. The Morgan fingerprint density at radius 3 is 2.70 bits per heavy atom. The van der Waals surface area contributed by atoms with Crippen molar-refractivity contribution in [2.45, 2.75) is 0 Å². The highest BCUT2D eigenvalue weighted by Gasteiger charge is 2.31. The third kappa shape index (κ3) is 3.00. The van der Waals surface area contributed by atoms with Crippen molar-refractivity contribution in [2.75, 3.05) is 13.7 Å². The molecular formula is C13H12N2O4S. The Morgan fingerprint density at radius 2 is 2.10 bits per heavy atom. The van der Waals surface area contributed by atoms with Gasteiger partial charge in [0, 0.05) is 12.6 Å². The number of carbonyl (C=O) groups is 3. The molecule has 0 spiro atoms. The molecule has 1 aliphatic rings. The average molecular weight is 292 g/mol. The SMILES string of the molecule is CN1C(=O)S/C(=C/c2ccccc2OCC(N)=O)C1=O. The highest BCUT2D eigenvalue weighted by molar-refractivity contribution is 8.18. The Bertz CT molecular complexity index is 612. The molecule has 0 aromatic heterocycles. The summed E-state index contributed by atoms with van der Waals surface area (Å²) in [7, 11) is 1.42. The lowest BCUT2D eigenvalue weighted by Gasteiger charge is -2.07. The molecule has 0 aliphatic carbocycles. The molecule has 0 bridgehead atoms. The molecule has 1 aliphatic heterocycles. The minimum atomic E-state index is -0.589. The summed E-state index contributed by atoms with van der Waals surface area (Å²) in [5.41, 5.74) is 5.63. The van der Waals surface area contributed by atoms with Crippen LogP contribution in [0.25, 0.3) is 6.08 Å². The number of amides is 3. The molecule has 2 rings (SSSR count). The number of likely N-dealkylation sites (N-methyl/N-ethyl adjacent to an activating group) is 1. The number of hydrogen-bond donors (Lipinski definition) is 1. The molecule has 0 unspecified atom stereocenters. The number of rotatable bonds is 4. The van der Waals surface area contributed by atoms with Crippen molar-refractivity contribution in [3.63, 3.8) is 0 Å². The van der Waals surface area contributed by atoms with E-state index >= 15 is 0 Å². The fourth-order valence-corrected chi connectivity index (χ4v) is 2.39. The van der Waals surface area contributed by atoms with Crippen LogP contribution in [-0.4, -0.2) is 35.6 Å². The van der Waals surface area contributed by atoms with E-state index in [1.54, 1.807) is 30.3 Å². The van der Waals surface area contributed by atoms with Crippen LogP contribution in [0.1, 0.15) is 5.56 Å². The van der Waals surface area contributed by atoms with Crippen molar-refractivity contribution in [3.05, 3.63) is 34.7 Å². The molecule has 0 radical (unpaired) electrons. The summed E-state index contributed by atoms with van der Waals surface area (Å²) in [4.78, 5) is 35.3. The number of benzene rings is 1. The third-order valence-corrected chi connectivity index (χ3v) is 3.52. The first-order valence-corrected chi connectivity index (χ1v) is 6.52. The second-order valence-corrected chi connectivity index (χ2v) is 5.03. The summed E-state index contributed by atoms with van der Waals surface area (Å²) in [6.45, 7) is -0.250. The van der Waals surface area contributed by atoms with Crippen LogP contribution in [0, 0.1) is 0 Å². The molecule has 7 heteroatoms. The van der Waals surface area contributed by atoms with Crippen molar-refractivity contribution in [1.29, 1.82) is 0 Å². The number of thioether (sulfide) groups is 1. The van der Waals surface area contributed by atoms with Crippen molar-refractivity contribution in [1.82, 2.24) is 4.90 Å². The predicted molar refractivity (Wildman–Crippen MR) is 74.9 cm³/mol. The Labute approximate surface area is 119 Å². The summed E-state index contributed by atoms with van der Waals surface area (Å²) < 4.78 is 5.26. The normalized spacial score (nSPS) is 16.9. The first-order valence-electron chi connectivity index (χ1n) is 5.70. The zero-order valence-corrected chi connectivity index (χ0v) is 11.5.